The molecule has 0 fully saturated rings. The molecule has 0 atom stereocenters. The van der Waals surface area contributed by atoms with Gasteiger partial charge in [0.15, 0.2) is 0 Å². The highest BCUT2D eigenvalue weighted by molar-refractivity contribution is 6.07. The number of esters is 1. The van der Waals surface area contributed by atoms with Crippen molar-refractivity contribution < 1.29 is 19.4 Å². The second kappa shape index (κ2) is 5.23. The molecule has 2 rings (SSSR count). The first kappa shape index (κ1) is 12.7. The fourth-order valence-electron chi connectivity index (χ4n) is 1.80. The van der Waals surface area contributed by atoms with Crippen molar-refractivity contribution in [3.8, 4) is 11.1 Å². The lowest BCUT2D eigenvalue weighted by atomic mass is 9.96. The average molecular weight is 254 g/mol. The van der Waals surface area contributed by atoms with Gasteiger partial charge in [0.05, 0.1) is 18.2 Å². The van der Waals surface area contributed by atoms with Gasteiger partial charge < -0.3 is 9.84 Å². The summed E-state index contributed by atoms with van der Waals surface area (Å²) in [7, 11) is 1.21. The quantitative estimate of drug-likeness (QED) is 0.854. The number of rotatable bonds is 3. The minimum Gasteiger partial charge on any atom is -0.478 e. The van der Waals surface area contributed by atoms with Crippen LogP contribution in [-0.4, -0.2) is 24.2 Å². The molecule has 1 N–H and O–H groups in total. The summed E-state index contributed by atoms with van der Waals surface area (Å²) in [5, 5.41) is 9.32. The summed E-state index contributed by atoms with van der Waals surface area (Å²) in [6, 6.07) is 15.3. The van der Waals surface area contributed by atoms with E-state index in [2.05, 4.69) is 16.9 Å². The number of hydrogen-bond acceptors (Lipinski definition) is 3. The Morgan fingerprint density at radius 1 is 1.21 bits per heavy atom. The molecule has 0 heterocycles. The van der Waals surface area contributed by atoms with E-state index in [1.165, 1.54) is 13.2 Å². The Labute approximate surface area is 110 Å². The predicted octanol–water partition coefficient (Wildman–Crippen LogP) is 2.44. The van der Waals surface area contributed by atoms with E-state index in [-0.39, 0.29) is 11.1 Å². The molecule has 4 nitrogen and oxygen atoms in total. The van der Waals surface area contributed by atoms with Crippen molar-refractivity contribution in [2.45, 2.75) is 0 Å². The molecule has 0 aliphatic rings. The molecule has 0 aliphatic heterocycles. The predicted molar refractivity (Wildman–Crippen MR) is 67.8 cm³/mol. The van der Waals surface area contributed by atoms with Gasteiger partial charge in [-0.1, -0.05) is 30.3 Å². The Kier molecular flexibility index (Phi) is 3.48. The largest absolute Gasteiger partial charge is 0.478 e. The number of hydrogen-bond donors (Lipinski definition) is 1. The Balaban J connectivity index is 2.69. The molecule has 19 heavy (non-hydrogen) atoms. The number of benzene rings is 1. The van der Waals surface area contributed by atoms with E-state index in [9.17, 15) is 14.7 Å². The maximum atomic E-state index is 11.6. The fraction of sp³-hybridized carbons (Fsp3) is 0.0667. The average Bonchev–Trinajstić information content (AvgIpc) is 2.46. The zero-order chi connectivity index (χ0) is 13.8. The molecule has 0 aliphatic carbocycles. The Hall–Kier alpha value is -2.80. The highest BCUT2D eigenvalue weighted by atomic mass is 16.5. The second-order valence-corrected chi connectivity index (χ2v) is 3.73. The summed E-state index contributed by atoms with van der Waals surface area (Å²) >= 11 is 0. The third-order valence-electron chi connectivity index (χ3n) is 2.62. The molecule has 0 saturated carbocycles. The zero-order valence-electron chi connectivity index (χ0n) is 10.1. The van der Waals surface area contributed by atoms with Crippen molar-refractivity contribution in [1.82, 2.24) is 0 Å². The van der Waals surface area contributed by atoms with Crippen LogP contribution in [0.15, 0.2) is 36.4 Å². The maximum absolute atomic E-state index is 11.6. The molecule has 0 radical (unpaired) electrons. The number of carbonyl (C=O) groups excluding carboxylic acids is 1. The summed E-state index contributed by atoms with van der Waals surface area (Å²) < 4.78 is 4.60. The van der Waals surface area contributed by atoms with Crippen LogP contribution in [0.4, 0.5) is 0 Å². The van der Waals surface area contributed by atoms with Gasteiger partial charge in [-0.05, 0) is 18.2 Å². The van der Waals surface area contributed by atoms with Crippen LogP contribution in [0, 0.1) is 12.1 Å². The summed E-state index contributed by atoms with van der Waals surface area (Å²) in [5.41, 5.74) is 0.896. The molecule has 2 aromatic rings. The molecule has 0 saturated heterocycles. The van der Waals surface area contributed by atoms with E-state index in [0.29, 0.717) is 11.1 Å². The van der Waals surface area contributed by atoms with Crippen molar-refractivity contribution in [3.63, 3.8) is 0 Å². The van der Waals surface area contributed by atoms with E-state index in [0.717, 1.165) is 0 Å². The van der Waals surface area contributed by atoms with E-state index in [4.69, 9.17) is 0 Å². The fourth-order valence-corrected chi connectivity index (χ4v) is 1.80. The summed E-state index contributed by atoms with van der Waals surface area (Å²) in [5.74, 6) is -1.87. The lowest BCUT2D eigenvalue weighted by Gasteiger charge is -2.09. The Morgan fingerprint density at radius 2 is 2.00 bits per heavy atom. The van der Waals surface area contributed by atoms with Crippen molar-refractivity contribution in [2.75, 3.05) is 7.11 Å². The van der Waals surface area contributed by atoms with Gasteiger partial charge in [0.25, 0.3) is 0 Å². The van der Waals surface area contributed by atoms with Crippen molar-refractivity contribution >= 4 is 11.9 Å². The van der Waals surface area contributed by atoms with Crippen LogP contribution in [0.1, 0.15) is 20.7 Å². The van der Waals surface area contributed by atoms with Gasteiger partial charge in [0.2, 0.25) is 0 Å². The van der Waals surface area contributed by atoms with Crippen LogP contribution in [0.5, 0.6) is 0 Å². The monoisotopic (exact) mass is 254 g/mol. The van der Waals surface area contributed by atoms with Crippen molar-refractivity contribution in [3.05, 3.63) is 59.7 Å². The first-order valence-electron chi connectivity index (χ1n) is 5.48. The topological polar surface area (TPSA) is 63.6 Å². The SMILES string of the molecule is COC(=O)c1cccc(-c2c#cccc2)c1C(=O)O. The summed E-state index contributed by atoms with van der Waals surface area (Å²) in [6.07, 6.45) is 0. The molecule has 0 spiro atoms. The van der Waals surface area contributed by atoms with Crippen molar-refractivity contribution in [2.24, 2.45) is 0 Å². The van der Waals surface area contributed by atoms with Crippen molar-refractivity contribution in [1.29, 1.82) is 0 Å². The summed E-state index contributed by atoms with van der Waals surface area (Å²) in [6.45, 7) is 0. The van der Waals surface area contributed by atoms with E-state index in [1.54, 1.807) is 30.3 Å². The third-order valence-corrected chi connectivity index (χ3v) is 2.62. The minimum atomic E-state index is -1.19. The molecule has 94 valence electrons. The summed E-state index contributed by atoms with van der Waals surface area (Å²) in [4.78, 5) is 23.0. The highest BCUT2D eigenvalue weighted by Crippen LogP contribution is 2.25. The van der Waals surface area contributed by atoms with Gasteiger partial charge in [-0.25, -0.2) is 9.59 Å². The van der Waals surface area contributed by atoms with Gasteiger partial charge in [-0.2, -0.15) is 0 Å². The molecule has 0 aromatic heterocycles. The van der Waals surface area contributed by atoms with E-state index < -0.39 is 11.9 Å². The molecule has 2 aromatic carbocycles. The van der Waals surface area contributed by atoms with Gasteiger partial charge in [-0.3, -0.25) is 0 Å². The van der Waals surface area contributed by atoms with Crippen LogP contribution in [0.25, 0.3) is 11.1 Å². The molecular formula is C15H10O4. The first-order chi connectivity index (χ1) is 9.15. The molecule has 0 amide bonds. The number of ether oxygens (including phenoxy) is 1. The standard InChI is InChI=1S/C15H10O4/c1-19-15(18)12-9-5-8-11(13(12)14(16)17)10-6-3-2-4-7-10/h2-3,5-6,8-9H,1H3,(H,16,17). The van der Waals surface area contributed by atoms with Crippen LogP contribution in [-0.2, 0) is 4.74 Å². The lowest BCUT2D eigenvalue weighted by Crippen LogP contribution is -2.11. The van der Waals surface area contributed by atoms with Crippen LogP contribution in [0.2, 0.25) is 0 Å². The van der Waals surface area contributed by atoms with Crippen LogP contribution >= 0.6 is 0 Å². The van der Waals surface area contributed by atoms with Gasteiger partial charge >= 0.3 is 11.9 Å². The lowest BCUT2D eigenvalue weighted by molar-refractivity contribution is 0.0583. The van der Waals surface area contributed by atoms with E-state index in [1.807, 2.05) is 0 Å². The highest BCUT2D eigenvalue weighted by Gasteiger charge is 2.21. The smallest absolute Gasteiger partial charge is 0.338 e. The van der Waals surface area contributed by atoms with Crippen LogP contribution in [0.3, 0.4) is 0 Å². The number of carboxylic acids is 1. The molecule has 0 unspecified atom stereocenters. The number of carbonyl (C=O) groups is 2. The normalized spacial score (nSPS) is 9.53. The number of methoxy groups -OCH3 is 1. The number of aromatic carboxylic acids is 1. The van der Waals surface area contributed by atoms with E-state index >= 15 is 0 Å². The second-order valence-electron chi connectivity index (χ2n) is 3.73. The van der Waals surface area contributed by atoms with Gasteiger partial charge in [0, 0.05) is 11.1 Å². The first-order valence-corrected chi connectivity index (χ1v) is 5.48. The Bertz CT molecular complexity index is 617. The minimum absolute atomic E-state index is 0.0183. The maximum Gasteiger partial charge on any atom is 0.338 e. The zero-order valence-corrected chi connectivity index (χ0v) is 10.1. The van der Waals surface area contributed by atoms with Gasteiger partial charge in [-0.15, -0.1) is 0 Å². The number of carboxylic acid groups (broad SMARTS) is 1. The molecular weight excluding hydrogens is 244 g/mol. The van der Waals surface area contributed by atoms with Crippen LogP contribution < -0.4 is 0 Å². The van der Waals surface area contributed by atoms with Gasteiger partial charge in [0.1, 0.15) is 0 Å². The third kappa shape index (κ3) is 2.40. The molecule has 4 heteroatoms. The Morgan fingerprint density at radius 3 is 2.58 bits per heavy atom. The molecule has 0 bridgehead atoms.